The fraction of sp³-hybridized carbons (Fsp3) is 0.833. The molecule has 6 nitrogen and oxygen atoms in total. The highest BCUT2D eigenvalue weighted by Crippen LogP contribution is 2.35. The van der Waals surface area contributed by atoms with Crippen LogP contribution in [0.15, 0.2) is 0 Å². The molecule has 18 heavy (non-hydrogen) atoms. The van der Waals surface area contributed by atoms with Crippen LogP contribution in [0.2, 0.25) is 0 Å². The smallest absolute Gasteiger partial charge is 0.329 e. The molecule has 1 aliphatic heterocycles. The van der Waals surface area contributed by atoms with Crippen LogP contribution in [0.25, 0.3) is 0 Å². The van der Waals surface area contributed by atoms with Crippen molar-refractivity contribution in [2.45, 2.75) is 38.1 Å². The number of hydrogen-bond acceptors (Lipinski definition) is 3. The first kappa shape index (κ1) is 13.1. The molecule has 0 radical (unpaired) electrons. The molecule has 0 spiro atoms. The van der Waals surface area contributed by atoms with E-state index in [-0.39, 0.29) is 11.4 Å². The number of hydrogen-bond donors (Lipinski definition) is 3. The van der Waals surface area contributed by atoms with E-state index in [9.17, 15) is 9.59 Å². The van der Waals surface area contributed by atoms with Gasteiger partial charge in [-0.2, -0.15) is 0 Å². The second kappa shape index (κ2) is 4.76. The lowest BCUT2D eigenvalue weighted by Gasteiger charge is -2.33. The minimum atomic E-state index is -1.01. The highest BCUT2D eigenvalue weighted by molar-refractivity contribution is 5.88. The van der Waals surface area contributed by atoms with E-state index < -0.39 is 11.5 Å². The largest absolute Gasteiger partial charge is 0.480 e. The number of carboxylic acid groups (broad SMARTS) is 1. The molecule has 0 unspecified atom stereocenters. The monoisotopic (exact) mass is 256 g/mol. The molecule has 2 aliphatic rings. The zero-order chi connectivity index (χ0) is 13.2. The Hall–Kier alpha value is -1.30. The van der Waals surface area contributed by atoms with Crippen molar-refractivity contribution in [3.05, 3.63) is 0 Å². The lowest BCUT2D eigenvalue weighted by atomic mass is 9.82. The van der Waals surface area contributed by atoms with Crippen LogP contribution >= 0.6 is 0 Å². The molecule has 2 amide bonds. The number of nitrogens with one attached hydrogen (secondary N) is 2. The van der Waals surface area contributed by atoms with Gasteiger partial charge in [0.25, 0.3) is 0 Å². The summed E-state index contributed by atoms with van der Waals surface area (Å²) >= 11 is 0. The third kappa shape index (κ3) is 2.93. The standard InChI is InChI=1S/C12H20N2O4/c1-11(4-6-18-7-5-11)8-13-10(17)14-12(2-3-12)9(15)16/h2-8H2,1H3,(H,15,16)(H2,13,14,17). The van der Waals surface area contributed by atoms with Crippen LogP contribution < -0.4 is 10.6 Å². The van der Waals surface area contributed by atoms with Crippen LogP contribution in [-0.4, -0.2) is 42.4 Å². The Bertz CT molecular complexity index is 346. The van der Waals surface area contributed by atoms with Crippen LogP contribution in [0.4, 0.5) is 4.79 Å². The first-order valence-electron chi connectivity index (χ1n) is 6.33. The van der Waals surface area contributed by atoms with Crippen LogP contribution in [0.3, 0.4) is 0 Å². The molecule has 2 fully saturated rings. The molecule has 102 valence electrons. The third-order valence-corrected chi connectivity index (χ3v) is 3.89. The Kier molecular flexibility index (Phi) is 3.47. The summed E-state index contributed by atoms with van der Waals surface area (Å²) in [5.41, 5.74) is -0.962. The van der Waals surface area contributed by atoms with E-state index in [4.69, 9.17) is 9.84 Å². The topological polar surface area (TPSA) is 87.7 Å². The van der Waals surface area contributed by atoms with Crippen LogP contribution in [-0.2, 0) is 9.53 Å². The van der Waals surface area contributed by atoms with Crippen molar-refractivity contribution in [1.29, 1.82) is 0 Å². The Morgan fingerprint density at radius 3 is 2.33 bits per heavy atom. The first-order valence-corrected chi connectivity index (χ1v) is 6.33. The van der Waals surface area contributed by atoms with Gasteiger partial charge >= 0.3 is 12.0 Å². The molecule has 2 rings (SSSR count). The summed E-state index contributed by atoms with van der Waals surface area (Å²) in [6, 6.07) is -0.386. The van der Waals surface area contributed by atoms with Crippen molar-refractivity contribution in [3.63, 3.8) is 0 Å². The summed E-state index contributed by atoms with van der Waals surface area (Å²) in [4.78, 5) is 22.6. The second-order valence-electron chi connectivity index (χ2n) is 5.62. The zero-order valence-electron chi connectivity index (χ0n) is 10.6. The van der Waals surface area contributed by atoms with Gasteiger partial charge in [-0.05, 0) is 31.1 Å². The van der Waals surface area contributed by atoms with Crippen molar-refractivity contribution < 1.29 is 19.4 Å². The maximum Gasteiger partial charge on any atom is 0.329 e. The first-order chi connectivity index (χ1) is 8.46. The minimum absolute atomic E-state index is 0.0511. The predicted octanol–water partition coefficient (Wildman–Crippen LogP) is 0.719. The summed E-state index contributed by atoms with van der Waals surface area (Å²) in [5, 5.41) is 14.3. The molecule has 1 aliphatic carbocycles. The fourth-order valence-electron chi connectivity index (χ4n) is 2.11. The maximum atomic E-state index is 11.7. The zero-order valence-corrected chi connectivity index (χ0v) is 10.6. The summed E-state index contributed by atoms with van der Waals surface area (Å²) in [7, 11) is 0. The fourth-order valence-corrected chi connectivity index (χ4v) is 2.11. The lowest BCUT2D eigenvalue weighted by molar-refractivity contribution is -0.140. The third-order valence-electron chi connectivity index (χ3n) is 3.89. The number of urea groups is 1. The molecule has 0 aromatic carbocycles. The Balaban J connectivity index is 1.76. The molecule has 3 N–H and O–H groups in total. The van der Waals surface area contributed by atoms with Crippen molar-refractivity contribution in [1.82, 2.24) is 10.6 Å². The summed E-state index contributed by atoms with van der Waals surface area (Å²) in [5.74, 6) is -0.949. The van der Waals surface area contributed by atoms with Gasteiger partial charge in [-0.3, -0.25) is 0 Å². The minimum Gasteiger partial charge on any atom is -0.480 e. The number of rotatable bonds is 4. The Labute approximate surface area is 106 Å². The molecule has 0 atom stereocenters. The molecule has 0 aromatic heterocycles. The molecule has 1 heterocycles. The number of ether oxygens (including phenoxy) is 1. The quantitative estimate of drug-likeness (QED) is 0.691. The van der Waals surface area contributed by atoms with Gasteiger partial charge in [0.2, 0.25) is 0 Å². The molecular weight excluding hydrogens is 236 g/mol. The van der Waals surface area contributed by atoms with Gasteiger partial charge < -0.3 is 20.5 Å². The van der Waals surface area contributed by atoms with Crippen LogP contribution in [0.5, 0.6) is 0 Å². The average Bonchev–Trinajstić information content (AvgIpc) is 3.09. The van der Waals surface area contributed by atoms with Gasteiger partial charge in [0.05, 0.1) is 0 Å². The molecular formula is C12H20N2O4. The van der Waals surface area contributed by atoms with Gasteiger partial charge in [0, 0.05) is 19.8 Å². The van der Waals surface area contributed by atoms with E-state index in [2.05, 4.69) is 17.6 Å². The van der Waals surface area contributed by atoms with Gasteiger partial charge in [-0.25, -0.2) is 9.59 Å². The van der Waals surface area contributed by atoms with Gasteiger partial charge in [0.15, 0.2) is 0 Å². The molecule has 1 saturated heterocycles. The lowest BCUT2D eigenvalue weighted by Crippen LogP contribution is -2.50. The van der Waals surface area contributed by atoms with E-state index in [0.29, 0.717) is 19.4 Å². The van der Waals surface area contributed by atoms with Crippen molar-refractivity contribution in [3.8, 4) is 0 Å². The molecule has 1 saturated carbocycles. The number of amides is 2. The van der Waals surface area contributed by atoms with Gasteiger partial charge in [-0.15, -0.1) is 0 Å². The summed E-state index contributed by atoms with van der Waals surface area (Å²) < 4.78 is 5.29. The summed E-state index contributed by atoms with van der Waals surface area (Å²) in [6.07, 6.45) is 2.86. The summed E-state index contributed by atoms with van der Waals surface area (Å²) in [6.45, 7) is 4.11. The van der Waals surface area contributed by atoms with E-state index in [1.165, 1.54) is 0 Å². The number of carboxylic acids is 1. The molecule has 6 heteroatoms. The van der Waals surface area contributed by atoms with Crippen LogP contribution in [0, 0.1) is 5.41 Å². The highest BCUT2D eigenvalue weighted by Gasteiger charge is 2.51. The van der Waals surface area contributed by atoms with E-state index in [1.54, 1.807) is 0 Å². The van der Waals surface area contributed by atoms with Crippen molar-refractivity contribution in [2.24, 2.45) is 5.41 Å². The number of carbonyl (C=O) groups excluding carboxylic acids is 1. The number of carbonyl (C=O) groups is 2. The predicted molar refractivity (Wildman–Crippen MR) is 64.3 cm³/mol. The highest BCUT2D eigenvalue weighted by atomic mass is 16.5. The van der Waals surface area contributed by atoms with Crippen molar-refractivity contribution >= 4 is 12.0 Å². The van der Waals surface area contributed by atoms with Crippen molar-refractivity contribution in [2.75, 3.05) is 19.8 Å². The Morgan fingerprint density at radius 2 is 1.83 bits per heavy atom. The van der Waals surface area contributed by atoms with E-state index >= 15 is 0 Å². The van der Waals surface area contributed by atoms with Crippen LogP contribution in [0.1, 0.15) is 32.6 Å². The van der Waals surface area contributed by atoms with E-state index in [0.717, 1.165) is 26.1 Å². The average molecular weight is 256 g/mol. The number of aliphatic carboxylic acids is 1. The van der Waals surface area contributed by atoms with E-state index in [1.807, 2.05) is 0 Å². The molecule has 0 aromatic rings. The normalized spacial score (nSPS) is 24.1. The Morgan fingerprint density at radius 1 is 1.22 bits per heavy atom. The maximum absolute atomic E-state index is 11.7. The van der Waals surface area contributed by atoms with Gasteiger partial charge in [0.1, 0.15) is 5.54 Å². The SMILES string of the molecule is CC1(CNC(=O)NC2(C(=O)O)CC2)CCOCC1. The van der Waals surface area contributed by atoms with Gasteiger partial charge in [-0.1, -0.05) is 6.92 Å². The molecule has 0 bridgehead atoms. The second-order valence-corrected chi connectivity index (χ2v) is 5.62.